The zero-order valence-electron chi connectivity index (χ0n) is 5.63. The number of aromatic carboxylic acids is 1. The molecule has 0 aliphatic carbocycles. The van der Waals surface area contributed by atoms with Crippen molar-refractivity contribution in [3.05, 3.63) is 21.9 Å². The van der Waals surface area contributed by atoms with Gasteiger partial charge in [-0.2, -0.15) is 0 Å². The second-order valence-electron chi connectivity index (χ2n) is 1.96. The summed E-state index contributed by atoms with van der Waals surface area (Å²) < 4.78 is 0. The molecule has 0 aromatic carbocycles. The topological polar surface area (TPSA) is 37.3 Å². The van der Waals surface area contributed by atoms with Crippen LogP contribution in [0.1, 0.15) is 22.2 Å². The minimum atomic E-state index is -0.837. The van der Waals surface area contributed by atoms with Crippen LogP contribution in [0.15, 0.2) is 11.4 Å². The van der Waals surface area contributed by atoms with Gasteiger partial charge >= 0.3 is 5.97 Å². The normalized spacial score (nSPS) is 9.70. The Kier molecular flexibility index (Phi) is 2.06. The van der Waals surface area contributed by atoms with E-state index in [4.69, 9.17) is 5.11 Å². The van der Waals surface area contributed by atoms with Crippen LogP contribution < -0.4 is 0 Å². The van der Waals surface area contributed by atoms with Gasteiger partial charge in [-0.15, -0.1) is 11.3 Å². The molecule has 0 aliphatic heterocycles. The van der Waals surface area contributed by atoms with Gasteiger partial charge in [-0.05, 0) is 12.5 Å². The van der Waals surface area contributed by atoms with E-state index in [0.717, 1.165) is 11.3 Å². The fraction of sp³-hybridized carbons (Fsp3) is 0.286. The van der Waals surface area contributed by atoms with Crippen molar-refractivity contribution in [3.63, 3.8) is 0 Å². The summed E-state index contributed by atoms with van der Waals surface area (Å²) in [6, 6.07) is 1.72. The smallest absolute Gasteiger partial charge is 0.336 e. The fourth-order valence-corrected chi connectivity index (χ4v) is 1.49. The van der Waals surface area contributed by atoms with E-state index in [1.165, 1.54) is 11.3 Å². The van der Waals surface area contributed by atoms with Gasteiger partial charge < -0.3 is 5.11 Å². The van der Waals surface area contributed by atoms with Gasteiger partial charge in [0, 0.05) is 10.3 Å². The first-order chi connectivity index (χ1) is 4.74. The minimum absolute atomic E-state index is 0.404. The van der Waals surface area contributed by atoms with Crippen LogP contribution in [-0.4, -0.2) is 11.1 Å². The lowest BCUT2D eigenvalue weighted by Crippen LogP contribution is -1.91. The maximum absolute atomic E-state index is 10.3. The molecule has 10 heavy (non-hydrogen) atoms. The van der Waals surface area contributed by atoms with Crippen molar-refractivity contribution >= 4 is 17.3 Å². The Labute approximate surface area is 63.1 Å². The van der Waals surface area contributed by atoms with Gasteiger partial charge in [-0.1, -0.05) is 6.92 Å². The van der Waals surface area contributed by atoms with Gasteiger partial charge in [0.05, 0.1) is 5.56 Å². The van der Waals surface area contributed by atoms with Crippen LogP contribution in [0, 0.1) is 0 Å². The Bertz CT molecular complexity index is 240. The highest BCUT2D eigenvalue weighted by Gasteiger charge is 2.03. The van der Waals surface area contributed by atoms with Crippen LogP contribution in [0.2, 0.25) is 0 Å². The highest BCUT2D eigenvalue weighted by atomic mass is 32.1. The monoisotopic (exact) mass is 156 g/mol. The molecule has 3 heteroatoms. The molecule has 1 aromatic rings. The second-order valence-corrected chi connectivity index (χ2v) is 2.96. The Morgan fingerprint density at radius 3 is 2.80 bits per heavy atom. The lowest BCUT2D eigenvalue weighted by Gasteiger charge is -1.82. The molecule has 0 radical (unpaired) electrons. The lowest BCUT2D eigenvalue weighted by molar-refractivity contribution is 0.0697. The maximum atomic E-state index is 10.3. The van der Waals surface area contributed by atoms with E-state index < -0.39 is 5.97 Å². The van der Waals surface area contributed by atoms with Gasteiger partial charge in [0.1, 0.15) is 0 Å². The van der Waals surface area contributed by atoms with Crippen molar-refractivity contribution < 1.29 is 9.90 Å². The third-order valence-corrected chi connectivity index (χ3v) is 2.33. The van der Waals surface area contributed by atoms with Crippen molar-refractivity contribution in [3.8, 4) is 0 Å². The Morgan fingerprint density at radius 2 is 2.50 bits per heavy atom. The number of carboxylic acids is 1. The molecule has 0 saturated carbocycles. The zero-order valence-corrected chi connectivity index (χ0v) is 6.44. The number of aryl methyl sites for hydroxylation is 1. The third kappa shape index (κ3) is 1.36. The van der Waals surface area contributed by atoms with Gasteiger partial charge in [0.25, 0.3) is 0 Å². The van der Waals surface area contributed by atoms with Crippen molar-refractivity contribution in [2.24, 2.45) is 0 Å². The molecular formula is C7H8O2S. The van der Waals surface area contributed by atoms with Crippen molar-refractivity contribution in [1.82, 2.24) is 0 Å². The summed E-state index contributed by atoms with van der Waals surface area (Å²) >= 11 is 1.50. The van der Waals surface area contributed by atoms with Gasteiger partial charge in [-0.3, -0.25) is 0 Å². The average Bonchev–Trinajstić information content (AvgIpc) is 2.34. The second kappa shape index (κ2) is 2.84. The molecule has 1 rings (SSSR count). The highest BCUT2D eigenvalue weighted by Crippen LogP contribution is 2.14. The number of thiophene rings is 1. The van der Waals surface area contributed by atoms with Crippen LogP contribution >= 0.6 is 11.3 Å². The lowest BCUT2D eigenvalue weighted by atomic mass is 10.3. The summed E-state index contributed by atoms with van der Waals surface area (Å²) in [5, 5.41) is 10.2. The van der Waals surface area contributed by atoms with Crippen LogP contribution in [-0.2, 0) is 6.42 Å². The van der Waals surface area contributed by atoms with E-state index in [9.17, 15) is 4.79 Å². The molecule has 0 fully saturated rings. The molecule has 0 saturated heterocycles. The molecule has 0 amide bonds. The minimum Gasteiger partial charge on any atom is -0.478 e. The SMILES string of the molecule is CCc1cc(C(=O)O)cs1. The molecule has 0 unspecified atom stereocenters. The molecule has 0 bridgehead atoms. The highest BCUT2D eigenvalue weighted by molar-refractivity contribution is 7.10. The van der Waals surface area contributed by atoms with Crippen LogP contribution in [0.3, 0.4) is 0 Å². The molecule has 2 nitrogen and oxygen atoms in total. The van der Waals surface area contributed by atoms with E-state index in [1.54, 1.807) is 11.4 Å². The van der Waals surface area contributed by atoms with Crippen molar-refractivity contribution in [2.75, 3.05) is 0 Å². The van der Waals surface area contributed by atoms with Crippen LogP contribution in [0.4, 0.5) is 0 Å². The maximum Gasteiger partial charge on any atom is 0.336 e. The van der Waals surface area contributed by atoms with Crippen molar-refractivity contribution in [1.29, 1.82) is 0 Å². The first-order valence-electron chi connectivity index (χ1n) is 3.04. The van der Waals surface area contributed by atoms with E-state index in [0.29, 0.717) is 5.56 Å². The van der Waals surface area contributed by atoms with E-state index >= 15 is 0 Å². The largest absolute Gasteiger partial charge is 0.478 e. The van der Waals surface area contributed by atoms with Gasteiger partial charge in [0.2, 0.25) is 0 Å². The summed E-state index contributed by atoms with van der Waals surface area (Å²) in [7, 11) is 0. The first-order valence-corrected chi connectivity index (χ1v) is 3.92. The predicted molar refractivity (Wildman–Crippen MR) is 40.7 cm³/mol. The van der Waals surface area contributed by atoms with E-state index in [-0.39, 0.29) is 0 Å². The summed E-state index contributed by atoms with van der Waals surface area (Å²) in [4.78, 5) is 11.5. The van der Waals surface area contributed by atoms with Gasteiger partial charge in [-0.25, -0.2) is 4.79 Å². The predicted octanol–water partition coefficient (Wildman–Crippen LogP) is 2.01. The van der Waals surface area contributed by atoms with Gasteiger partial charge in [0.15, 0.2) is 0 Å². The standard InChI is InChI=1S/C7H8O2S/c1-2-6-3-5(4-10-6)7(8)9/h3-4H,2H2,1H3,(H,8,9). The summed E-state index contributed by atoms with van der Waals surface area (Å²) in [5.74, 6) is -0.837. The molecule has 0 spiro atoms. The number of hydrogen-bond donors (Lipinski definition) is 1. The molecule has 1 aromatic heterocycles. The Morgan fingerprint density at radius 1 is 1.80 bits per heavy atom. The molecule has 1 N–H and O–H groups in total. The number of carbonyl (C=O) groups is 1. The summed E-state index contributed by atoms with van der Waals surface area (Å²) in [5.41, 5.74) is 0.404. The molecule has 0 aliphatic rings. The van der Waals surface area contributed by atoms with Crippen LogP contribution in [0.25, 0.3) is 0 Å². The molecule has 0 atom stereocenters. The first kappa shape index (κ1) is 7.28. The average molecular weight is 156 g/mol. The number of rotatable bonds is 2. The number of carboxylic acid groups (broad SMARTS) is 1. The molecular weight excluding hydrogens is 148 g/mol. The van der Waals surface area contributed by atoms with Crippen molar-refractivity contribution in [2.45, 2.75) is 13.3 Å². The Balaban J connectivity index is 2.88. The van der Waals surface area contributed by atoms with E-state index in [1.807, 2.05) is 6.92 Å². The zero-order chi connectivity index (χ0) is 7.56. The van der Waals surface area contributed by atoms with Crippen LogP contribution in [0.5, 0.6) is 0 Å². The van der Waals surface area contributed by atoms with E-state index in [2.05, 4.69) is 0 Å². The summed E-state index contributed by atoms with van der Waals surface area (Å²) in [6.45, 7) is 2.01. The third-order valence-electron chi connectivity index (χ3n) is 1.25. The molecule has 54 valence electrons. The quantitative estimate of drug-likeness (QED) is 0.711. The number of hydrogen-bond acceptors (Lipinski definition) is 2. The summed E-state index contributed by atoms with van der Waals surface area (Å²) in [6.07, 6.45) is 0.915. The fourth-order valence-electron chi connectivity index (χ4n) is 0.678. The molecule has 1 heterocycles. The Hall–Kier alpha value is -0.830.